The molecule has 2 aliphatic rings. The van der Waals surface area contributed by atoms with Crippen LogP contribution in [0.4, 0.5) is 5.69 Å². The highest BCUT2D eigenvalue weighted by Gasteiger charge is 2.34. The first-order valence-electron chi connectivity index (χ1n) is 10.5. The topological polar surface area (TPSA) is 54.9 Å². The van der Waals surface area contributed by atoms with E-state index in [0.29, 0.717) is 19.7 Å². The van der Waals surface area contributed by atoms with Crippen LogP contribution in [-0.4, -0.2) is 48.1 Å². The van der Waals surface area contributed by atoms with Crippen LogP contribution in [0.3, 0.4) is 0 Å². The van der Waals surface area contributed by atoms with Gasteiger partial charge >= 0.3 is 0 Å². The SMILES string of the molecule is CCOC(C)c1nc(CN2CC(C(=O)N3CCCCC3)Oc3ccccc32)cs1. The van der Waals surface area contributed by atoms with Gasteiger partial charge in [0.05, 0.1) is 24.5 Å². The lowest BCUT2D eigenvalue weighted by Crippen LogP contribution is -2.51. The maximum Gasteiger partial charge on any atom is 0.265 e. The summed E-state index contributed by atoms with van der Waals surface area (Å²) >= 11 is 1.63. The number of carbonyl (C=O) groups excluding carboxylic acids is 1. The van der Waals surface area contributed by atoms with E-state index in [0.717, 1.165) is 48.1 Å². The molecule has 0 N–H and O–H groups in total. The number of nitrogens with zero attached hydrogens (tertiary/aromatic N) is 3. The van der Waals surface area contributed by atoms with Gasteiger partial charge in [0.25, 0.3) is 5.91 Å². The summed E-state index contributed by atoms with van der Waals surface area (Å²) in [4.78, 5) is 22.0. The summed E-state index contributed by atoms with van der Waals surface area (Å²) in [5, 5.41) is 3.08. The van der Waals surface area contributed by atoms with Crippen molar-refractivity contribution in [3.05, 3.63) is 40.3 Å². The van der Waals surface area contributed by atoms with Crippen LogP contribution >= 0.6 is 11.3 Å². The molecule has 6 nitrogen and oxygen atoms in total. The number of carbonyl (C=O) groups is 1. The lowest BCUT2D eigenvalue weighted by atomic mass is 10.1. The van der Waals surface area contributed by atoms with Gasteiger partial charge < -0.3 is 19.3 Å². The highest BCUT2D eigenvalue weighted by molar-refractivity contribution is 7.09. The largest absolute Gasteiger partial charge is 0.477 e. The van der Waals surface area contributed by atoms with Crippen LogP contribution in [0.2, 0.25) is 0 Å². The number of ether oxygens (including phenoxy) is 2. The van der Waals surface area contributed by atoms with Gasteiger partial charge in [-0.3, -0.25) is 4.79 Å². The van der Waals surface area contributed by atoms with Crippen LogP contribution in [0.15, 0.2) is 29.6 Å². The number of likely N-dealkylation sites (tertiary alicyclic amines) is 1. The van der Waals surface area contributed by atoms with Crippen molar-refractivity contribution in [2.45, 2.75) is 51.9 Å². The number of hydrogen-bond acceptors (Lipinski definition) is 6. The van der Waals surface area contributed by atoms with Gasteiger partial charge in [-0.15, -0.1) is 11.3 Å². The van der Waals surface area contributed by atoms with Gasteiger partial charge in [-0.25, -0.2) is 4.98 Å². The standard InChI is InChI=1S/C22H29N3O3S/c1-3-27-16(2)21-23-17(15-29-21)13-25-14-20(22(26)24-11-7-4-8-12-24)28-19-10-6-5-9-18(19)25/h5-6,9-10,15-16,20H,3-4,7-8,11-14H2,1-2H3. The number of amides is 1. The number of benzene rings is 1. The van der Waals surface area contributed by atoms with E-state index in [1.54, 1.807) is 11.3 Å². The number of para-hydroxylation sites is 2. The van der Waals surface area contributed by atoms with E-state index in [2.05, 4.69) is 10.3 Å². The number of rotatable bonds is 6. The van der Waals surface area contributed by atoms with E-state index in [1.807, 2.05) is 43.0 Å². The Bertz CT molecular complexity index is 834. The molecule has 29 heavy (non-hydrogen) atoms. The molecule has 0 radical (unpaired) electrons. The Hall–Kier alpha value is -2.12. The van der Waals surface area contributed by atoms with Crippen molar-refractivity contribution in [1.82, 2.24) is 9.88 Å². The van der Waals surface area contributed by atoms with Crippen molar-refractivity contribution in [3.8, 4) is 5.75 Å². The van der Waals surface area contributed by atoms with Crippen molar-refractivity contribution in [2.24, 2.45) is 0 Å². The number of anilines is 1. The molecule has 1 aromatic heterocycles. The lowest BCUT2D eigenvalue weighted by Gasteiger charge is -2.38. The quantitative estimate of drug-likeness (QED) is 0.713. The average molecular weight is 416 g/mol. The first-order chi connectivity index (χ1) is 14.2. The van der Waals surface area contributed by atoms with E-state index < -0.39 is 6.10 Å². The zero-order chi connectivity index (χ0) is 20.2. The average Bonchev–Trinajstić information content (AvgIpc) is 3.22. The Labute approximate surface area is 176 Å². The Morgan fingerprint density at radius 3 is 2.90 bits per heavy atom. The Kier molecular flexibility index (Phi) is 6.35. The molecule has 0 aliphatic carbocycles. The first kappa shape index (κ1) is 20.2. The van der Waals surface area contributed by atoms with Crippen molar-refractivity contribution in [3.63, 3.8) is 0 Å². The number of piperidine rings is 1. The molecule has 1 aromatic carbocycles. The second-order valence-electron chi connectivity index (χ2n) is 7.62. The molecule has 1 fully saturated rings. The normalized spacial score (nSPS) is 20.1. The van der Waals surface area contributed by atoms with E-state index >= 15 is 0 Å². The summed E-state index contributed by atoms with van der Waals surface area (Å²) in [6.07, 6.45) is 2.90. The Morgan fingerprint density at radius 1 is 1.31 bits per heavy atom. The predicted molar refractivity (Wildman–Crippen MR) is 114 cm³/mol. The van der Waals surface area contributed by atoms with E-state index in [-0.39, 0.29) is 12.0 Å². The maximum atomic E-state index is 13.1. The Balaban J connectivity index is 1.51. The smallest absolute Gasteiger partial charge is 0.265 e. The third-order valence-corrected chi connectivity index (χ3v) is 6.55. The Morgan fingerprint density at radius 2 is 2.10 bits per heavy atom. The van der Waals surface area contributed by atoms with Crippen LogP contribution in [-0.2, 0) is 16.1 Å². The molecule has 4 rings (SSSR count). The van der Waals surface area contributed by atoms with Crippen LogP contribution < -0.4 is 9.64 Å². The van der Waals surface area contributed by atoms with Gasteiger partial charge in [-0.1, -0.05) is 12.1 Å². The third-order valence-electron chi connectivity index (χ3n) is 5.49. The molecule has 0 saturated carbocycles. The molecule has 1 amide bonds. The number of fused-ring (bicyclic) bond motifs is 1. The minimum absolute atomic E-state index is 0.00385. The van der Waals surface area contributed by atoms with E-state index in [1.165, 1.54) is 6.42 Å². The molecule has 7 heteroatoms. The summed E-state index contributed by atoms with van der Waals surface area (Å²) in [6, 6.07) is 7.95. The molecule has 0 bridgehead atoms. The summed E-state index contributed by atoms with van der Waals surface area (Å²) in [7, 11) is 0. The molecular weight excluding hydrogens is 386 g/mol. The maximum absolute atomic E-state index is 13.1. The van der Waals surface area contributed by atoms with Crippen molar-refractivity contribution >= 4 is 22.9 Å². The molecule has 2 aromatic rings. The number of aromatic nitrogens is 1. The van der Waals surface area contributed by atoms with Crippen molar-refractivity contribution < 1.29 is 14.3 Å². The lowest BCUT2D eigenvalue weighted by molar-refractivity contribution is -0.139. The summed E-state index contributed by atoms with van der Waals surface area (Å²) in [5.41, 5.74) is 2.01. The molecule has 0 spiro atoms. The summed E-state index contributed by atoms with van der Waals surface area (Å²) in [5.74, 6) is 0.875. The van der Waals surface area contributed by atoms with Crippen LogP contribution in [0, 0.1) is 0 Å². The minimum atomic E-state index is -0.469. The van der Waals surface area contributed by atoms with Gasteiger partial charge in [0.1, 0.15) is 16.9 Å². The van der Waals surface area contributed by atoms with Crippen LogP contribution in [0.25, 0.3) is 0 Å². The van der Waals surface area contributed by atoms with Crippen LogP contribution in [0.1, 0.15) is 49.9 Å². The fourth-order valence-electron chi connectivity index (χ4n) is 4.00. The highest BCUT2D eigenvalue weighted by atomic mass is 32.1. The van der Waals surface area contributed by atoms with Gasteiger partial charge in [0.2, 0.25) is 0 Å². The number of hydrogen-bond donors (Lipinski definition) is 0. The first-order valence-corrected chi connectivity index (χ1v) is 11.4. The molecular formula is C22H29N3O3S. The minimum Gasteiger partial charge on any atom is -0.477 e. The fraction of sp³-hybridized carbons (Fsp3) is 0.545. The zero-order valence-corrected chi connectivity index (χ0v) is 18.0. The molecule has 1 saturated heterocycles. The molecule has 156 valence electrons. The van der Waals surface area contributed by atoms with Gasteiger partial charge in [0.15, 0.2) is 6.10 Å². The molecule has 3 heterocycles. The van der Waals surface area contributed by atoms with E-state index in [9.17, 15) is 4.79 Å². The number of thiazole rings is 1. The van der Waals surface area contributed by atoms with Gasteiger partial charge in [-0.05, 0) is 45.2 Å². The summed E-state index contributed by atoms with van der Waals surface area (Å²) < 4.78 is 11.8. The molecule has 2 aliphatic heterocycles. The van der Waals surface area contributed by atoms with E-state index in [4.69, 9.17) is 14.5 Å². The second-order valence-corrected chi connectivity index (χ2v) is 8.51. The summed E-state index contributed by atoms with van der Waals surface area (Å²) in [6.45, 7) is 7.57. The fourth-order valence-corrected chi connectivity index (χ4v) is 4.82. The van der Waals surface area contributed by atoms with Crippen LogP contribution in [0.5, 0.6) is 5.75 Å². The monoisotopic (exact) mass is 415 g/mol. The van der Waals surface area contributed by atoms with Crippen molar-refractivity contribution in [1.29, 1.82) is 0 Å². The highest BCUT2D eigenvalue weighted by Crippen LogP contribution is 2.35. The van der Waals surface area contributed by atoms with Gasteiger partial charge in [0, 0.05) is 25.1 Å². The second kappa shape index (κ2) is 9.13. The van der Waals surface area contributed by atoms with Gasteiger partial charge in [-0.2, -0.15) is 0 Å². The molecule has 2 unspecified atom stereocenters. The molecule has 2 atom stereocenters. The predicted octanol–water partition coefficient (Wildman–Crippen LogP) is 4.02. The van der Waals surface area contributed by atoms with Crippen molar-refractivity contribution in [2.75, 3.05) is 31.1 Å². The third kappa shape index (κ3) is 4.56. The zero-order valence-electron chi connectivity index (χ0n) is 17.2.